The van der Waals surface area contributed by atoms with E-state index in [4.69, 9.17) is 0 Å². The van der Waals surface area contributed by atoms with Crippen molar-refractivity contribution in [2.24, 2.45) is 0 Å². The van der Waals surface area contributed by atoms with Crippen LogP contribution in [0.5, 0.6) is 0 Å². The van der Waals surface area contributed by atoms with E-state index in [0.717, 1.165) is 5.69 Å². The molecule has 1 aromatic carbocycles. The number of allylic oxidation sites excluding steroid dienone is 1. The Balaban J connectivity index is 2.27. The smallest absolute Gasteiger partial charge is 0.276 e. The highest BCUT2D eigenvalue weighted by Gasteiger charge is 2.13. The summed E-state index contributed by atoms with van der Waals surface area (Å²) in [6.45, 7) is 4.45. The van der Waals surface area contributed by atoms with Crippen molar-refractivity contribution < 1.29 is 9.72 Å². The summed E-state index contributed by atoms with van der Waals surface area (Å²) in [4.78, 5) is 22.6. The number of aromatic nitrogens is 2. The van der Waals surface area contributed by atoms with Gasteiger partial charge in [0.15, 0.2) is 5.78 Å². The maximum absolute atomic E-state index is 12.1. The van der Waals surface area contributed by atoms with E-state index in [1.807, 2.05) is 13.8 Å². The lowest BCUT2D eigenvalue weighted by Crippen LogP contribution is -2.01. The van der Waals surface area contributed by atoms with Crippen LogP contribution < -0.4 is 0 Å². The summed E-state index contributed by atoms with van der Waals surface area (Å²) < 4.78 is 1.73. The molecule has 21 heavy (non-hydrogen) atoms. The number of para-hydroxylation sites is 1. The number of ketones is 1. The lowest BCUT2D eigenvalue weighted by atomic mass is 10.1. The van der Waals surface area contributed by atoms with Gasteiger partial charge in [0.1, 0.15) is 0 Å². The molecule has 1 heterocycles. The van der Waals surface area contributed by atoms with Gasteiger partial charge in [-0.3, -0.25) is 19.6 Å². The second kappa shape index (κ2) is 6.13. The summed E-state index contributed by atoms with van der Waals surface area (Å²) in [7, 11) is 0. The van der Waals surface area contributed by atoms with Gasteiger partial charge in [0.2, 0.25) is 0 Å². The molecule has 0 N–H and O–H groups in total. The van der Waals surface area contributed by atoms with Crippen LogP contribution in [0.4, 0.5) is 5.69 Å². The fraction of sp³-hybridized carbons (Fsp3) is 0.200. The Kier molecular flexibility index (Phi) is 4.27. The Morgan fingerprint density at radius 1 is 1.43 bits per heavy atom. The first-order valence-corrected chi connectivity index (χ1v) is 6.52. The Bertz CT molecular complexity index is 717. The van der Waals surface area contributed by atoms with E-state index in [0.29, 0.717) is 17.7 Å². The summed E-state index contributed by atoms with van der Waals surface area (Å²) in [5.41, 5.74) is 1.67. The van der Waals surface area contributed by atoms with Gasteiger partial charge in [-0.1, -0.05) is 12.1 Å². The summed E-state index contributed by atoms with van der Waals surface area (Å²) >= 11 is 0. The molecular formula is C15H15N3O3. The number of hydrogen-bond donors (Lipinski definition) is 0. The fourth-order valence-electron chi connectivity index (χ4n) is 2.06. The number of nitro benzene ring substituents is 1. The molecule has 6 nitrogen and oxygen atoms in total. The minimum absolute atomic E-state index is 0.0254. The number of carbonyl (C=O) groups is 1. The Labute approximate surface area is 121 Å². The molecule has 0 aliphatic heterocycles. The molecule has 0 saturated heterocycles. The van der Waals surface area contributed by atoms with E-state index >= 15 is 0 Å². The first-order chi connectivity index (χ1) is 10.0. The lowest BCUT2D eigenvalue weighted by molar-refractivity contribution is -0.385. The van der Waals surface area contributed by atoms with Gasteiger partial charge in [0.05, 0.1) is 22.2 Å². The molecule has 1 aromatic heterocycles. The third-order valence-corrected chi connectivity index (χ3v) is 3.22. The third kappa shape index (κ3) is 3.05. The molecule has 0 bridgehead atoms. The van der Waals surface area contributed by atoms with Crippen molar-refractivity contribution in [2.75, 3.05) is 0 Å². The van der Waals surface area contributed by atoms with Crippen molar-refractivity contribution in [3.63, 3.8) is 0 Å². The molecule has 0 atom stereocenters. The molecular weight excluding hydrogens is 270 g/mol. The average Bonchev–Trinajstić information content (AvgIpc) is 2.86. The van der Waals surface area contributed by atoms with Gasteiger partial charge in [0.25, 0.3) is 5.69 Å². The second-order valence-electron chi connectivity index (χ2n) is 4.47. The van der Waals surface area contributed by atoms with Crippen LogP contribution in [0.25, 0.3) is 6.08 Å². The normalized spacial score (nSPS) is 11.0. The van der Waals surface area contributed by atoms with Crippen LogP contribution in [0.1, 0.15) is 28.5 Å². The summed E-state index contributed by atoms with van der Waals surface area (Å²) in [5.74, 6) is -0.217. The highest BCUT2D eigenvalue weighted by molar-refractivity contribution is 6.07. The van der Waals surface area contributed by atoms with Gasteiger partial charge in [-0.25, -0.2) is 0 Å². The van der Waals surface area contributed by atoms with Gasteiger partial charge >= 0.3 is 0 Å². The maximum Gasteiger partial charge on any atom is 0.276 e. The number of aryl methyl sites for hydroxylation is 1. The third-order valence-electron chi connectivity index (χ3n) is 3.22. The molecule has 0 unspecified atom stereocenters. The zero-order chi connectivity index (χ0) is 15.4. The molecule has 0 aliphatic carbocycles. The molecule has 0 amide bonds. The molecule has 2 aromatic rings. The summed E-state index contributed by atoms with van der Waals surface area (Å²) in [6.07, 6.45) is 4.32. The van der Waals surface area contributed by atoms with Gasteiger partial charge in [-0.05, 0) is 32.1 Å². The first-order valence-electron chi connectivity index (χ1n) is 6.52. The highest BCUT2D eigenvalue weighted by atomic mass is 16.6. The number of rotatable bonds is 5. The zero-order valence-corrected chi connectivity index (χ0v) is 11.8. The Morgan fingerprint density at radius 3 is 2.76 bits per heavy atom. The molecule has 0 radical (unpaired) electrons. The number of nitro groups is 1. The molecule has 0 saturated carbocycles. The number of benzene rings is 1. The molecule has 108 valence electrons. The Hall–Kier alpha value is -2.76. The largest absolute Gasteiger partial charge is 0.289 e. The summed E-state index contributed by atoms with van der Waals surface area (Å²) in [5, 5.41) is 15.0. The first kappa shape index (κ1) is 14.6. The van der Waals surface area contributed by atoms with Crippen molar-refractivity contribution in [1.29, 1.82) is 0 Å². The van der Waals surface area contributed by atoms with E-state index in [-0.39, 0.29) is 11.5 Å². The van der Waals surface area contributed by atoms with Crippen molar-refractivity contribution >= 4 is 17.5 Å². The average molecular weight is 285 g/mol. The van der Waals surface area contributed by atoms with Gasteiger partial charge in [-0.2, -0.15) is 5.10 Å². The van der Waals surface area contributed by atoms with Crippen molar-refractivity contribution in [1.82, 2.24) is 9.78 Å². The summed E-state index contributed by atoms with van der Waals surface area (Å²) in [6, 6.07) is 6.29. The van der Waals surface area contributed by atoms with E-state index in [9.17, 15) is 14.9 Å². The highest BCUT2D eigenvalue weighted by Crippen LogP contribution is 2.19. The predicted octanol–water partition coefficient (Wildman–Crippen LogP) is 3.02. The predicted molar refractivity (Wildman–Crippen MR) is 79.1 cm³/mol. The van der Waals surface area contributed by atoms with Crippen molar-refractivity contribution in [3.8, 4) is 0 Å². The molecule has 0 aliphatic rings. The quantitative estimate of drug-likeness (QED) is 0.366. The zero-order valence-electron chi connectivity index (χ0n) is 11.8. The van der Waals surface area contributed by atoms with Gasteiger partial charge in [-0.15, -0.1) is 0 Å². The molecule has 6 heteroatoms. The van der Waals surface area contributed by atoms with Crippen LogP contribution >= 0.6 is 0 Å². The van der Waals surface area contributed by atoms with Crippen LogP contribution in [0.3, 0.4) is 0 Å². The minimum Gasteiger partial charge on any atom is -0.289 e. The van der Waals surface area contributed by atoms with Crippen molar-refractivity contribution in [3.05, 3.63) is 63.5 Å². The number of nitrogens with zero attached hydrogens (tertiary/aromatic N) is 3. The fourth-order valence-corrected chi connectivity index (χ4v) is 2.06. The van der Waals surface area contributed by atoms with Gasteiger partial charge < -0.3 is 0 Å². The monoisotopic (exact) mass is 285 g/mol. The standard InChI is InChI=1S/C15H15N3O3/c1-3-17-11(2)13(10-16-17)15(19)9-8-12-6-4-5-7-14(12)18(20)21/h4-10H,3H2,1-2H3/b9-8+. The number of carbonyl (C=O) groups excluding carboxylic acids is 1. The van der Waals surface area contributed by atoms with Crippen LogP contribution in [0.2, 0.25) is 0 Å². The molecule has 0 spiro atoms. The van der Waals surface area contributed by atoms with Crippen LogP contribution in [0.15, 0.2) is 36.5 Å². The van der Waals surface area contributed by atoms with Crippen molar-refractivity contribution in [2.45, 2.75) is 20.4 Å². The van der Waals surface area contributed by atoms with Crippen LogP contribution in [-0.4, -0.2) is 20.5 Å². The van der Waals surface area contributed by atoms with E-state index in [1.165, 1.54) is 24.4 Å². The SMILES string of the molecule is CCn1ncc(C(=O)/C=C/c2ccccc2[N+](=O)[O-])c1C. The van der Waals surface area contributed by atoms with Gasteiger partial charge in [0, 0.05) is 18.3 Å². The maximum atomic E-state index is 12.1. The van der Waals surface area contributed by atoms with Crippen LogP contribution in [-0.2, 0) is 6.54 Å². The lowest BCUT2D eigenvalue weighted by Gasteiger charge is -1.99. The van der Waals surface area contributed by atoms with E-state index in [2.05, 4.69) is 5.10 Å². The topological polar surface area (TPSA) is 78.0 Å². The molecule has 0 fully saturated rings. The minimum atomic E-state index is -0.468. The van der Waals surface area contributed by atoms with Crippen LogP contribution in [0, 0.1) is 17.0 Å². The second-order valence-corrected chi connectivity index (χ2v) is 4.47. The van der Waals surface area contributed by atoms with E-state index in [1.54, 1.807) is 22.9 Å². The van der Waals surface area contributed by atoms with E-state index < -0.39 is 4.92 Å². The molecule has 2 rings (SSSR count). The number of hydrogen-bond acceptors (Lipinski definition) is 4. The Morgan fingerprint density at radius 2 is 2.14 bits per heavy atom.